The predicted octanol–water partition coefficient (Wildman–Crippen LogP) is 8.88. The lowest BCUT2D eigenvalue weighted by molar-refractivity contribution is -0.384. The van der Waals surface area contributed by atoms with Gasteiger partial charge in [0.15, 0.2) is 0 Å². The number of benzene rings is 4. The van der Waals surface area contributed by atoms with Crippen LogP contribution in [0.4, 0.5) is 17.1 Å². The number of carbonyl (C=O) groups is 1. The molecule has 0 bridgehead atoms. The second-order valence-corrected chi connectivity index (χ2v) is 22.5. The molecule has 8 rings (SSSR count). The first kappa shape index (κ1) is 49.9. The molecule has 0 saturated carbocycles. The number of hydrogen-bond donors (Lipinski definition) is 3. The Balaban J connectivity index is 0.879. The van der Waals surface area contributed by atoms with Crippen molar-refractivity contribution in [1.29, 1.82) is 0 Å². The highest BCUT2D eigenvalue weighted by Crippen LogP contribution is 2.44. The Morgan fingerprint density at radius 2 is 1.56 bits per heavy atom. The van der Waals surface area contributed by atoms with Crippen molar-refractivity contribution in [3.8, 4) is 0 Å². The van der Waals surface area contributed by atoms with Gasteiger partial charge in [-0.05, 0) is 129 Å². The summed E-state index contributed by atoms with van der Waals surface area (Å²) in [4.78, 5) is 36.0. The number of piperazine rings is 2. The SMILES string of the molecule is CC1(CN2CCNCC2)CCC(c2ccc(Cl)cc2)=C(CN2CCN(c3ccc(C(=O)NS(=O)(=O)c4ccc(NC(CCN5CCCCCC5)CSc5ccccc5)c([N+](=O)[O-])c4)cc3)CC2)C1. The van der Waals surface area contributed by atoms with E-state index in [0.29, 0.717) is 5.75 Å². The summed E-state index contributed by atoms with van der Waals surface area (Å²) in [7, 11) is -4.44. The predicted molar refractivity (Wildman–Crippen MR) is 277 cm³/mol. The Hall–Kier alpha value is -4.48. The van der Waals surface area contributed by atoms with Crippen molar-refractivity contribution >= 4 is 61.9 Å². The molecule has 3 heterocycles. The third kappa shape index (κ3) is 13.6. The fourth-order valence-corrected chi connectivity index (χ4v) is 12.4. The molecule has 3 aliphatic heterocycles. The number of amides is 1. The van der Waals surface area contributed by atoms with Gasteiger partial charge in [0.1, 0.15) is 5.69 Å². The van der Waals surface area contributed by atoms with Crippen LogP contribution in [-0.4, -0.2) is 131 Å². The molecule has 1 amide bonds. The molecule has 4 aromatic rings. The van der Waals surface area contributed by atoms with E-state index in [1.165, 1.54) is 54.5 Å². The van der Waals surface area contributed by atoms with Crippen molar-refractivity contribution in [3.63, 3.8) is 0 Å². The Labute approximate surface area is 412 Å². The summed E-state index contributed by atoms with van der Waals surface area (Å²) in [6.45, 7) is 15.2. The van der Waals surface area contributed by atoms with Gasteiger partial charge in [-0.3, -0.25) is 19.8 Å². The second-order valence-electron chi connectivity index (χ2n) is 19.3. The zero-order chi connectivity index (χ0) is 47.5. The first-order chi connectivity index (χ1) is 32.9. The highest BCUT2D eigenvalue weighted by Gasteiger charge is 2.35. The molecular formula is C52H67ClN8O5S2. The maximum Gasteiger partial charge on any atom is 0.293 e. The lowest BCUT2D eigenvalue weighted by Gasteiger charge is -2.43. The first-order valence-electron chi connectivity index (χ1n) is 24.4. The third-order valence-electron chi connectivity index (χ3n) is 14.1. The van der Waals surface area contributed by atoms with Crippen LogP contribution in [0.15, 0.2) is 112 Å². The van der Waals surface area contributed by atoms with Crippen LogP contribution >= 0.6 is 23.4 Å². The Morgan fingerprint density at radius 1 is 0.853 bits per heavy atom. The number of halogens is 1. The first-order valence-corrected chi connectivity index (χ1v) is 27.2. The van der Waals surface area contributed by atoms with Crippen LogP contribution < -0.4 is 20.3 Å². The van der Waals surface area contributed by atoms with Gasteiger partial charge in [0, 0.05) is 111 Å². The highest BCUT2D eigenvalue weighted by atomic mass is 35.5. The van der Waals surface area contributed by atoms with Gasteiger partial charge < -0.3 is 25.3 Å². The maximum atomic E-state index is 13.6. The minimum absolute atomic E-state index is 0.117. The van der Waals surface area contributed by atoms with E-state index in [1.54, 1.807) is 23.9 Å². The molecule has 364 valence electrons. The number of nitro groups is 1. The molecule has 0 radical (unpaired) electrons. The van der Waals surface area contributed by atoms with Crippen LogP contribution in [0.1, 0.15) is 74.2 Å². The Bertz CT molecular complexity index is 2460. The van der Waals surface area contributed by atoms with E-state index in [-0.39, 0.29) is 33.3 Å². The van der Waals surface area contributed by atoms with Crippen molar-refractivity contribution < 1.29 is 18.1 Å². The fourth-order valence-electron chi connectivity index (χ4n) is 10.3. The van der Waals surface area contributed by atoms with E-state index >= 15 is 0 Å². The standard InChI is InChI=1S/C52H67ClN8O5S2/c1-52(39-59-29-24-54-25-30-59)23-21-48(40-11-15-43(53)16-12-40)42(36-52)37-58-31-33-60(34-32-58)45-17-13-41(14-18-45)51(62)56-68(65,66)47-19-20-49(50(35-47)61(63)64)55-44(38-67-46-9-5-4-6-10-46)22-28-57-26-7-2-3-8-27-57/h4-6,9-20,35,44,54-55H,2-3,7-8,21-34,36-39H2,1H3,(H,56,62). The maximum absolute atomic E-state index is 13.6. The molecule has 16 heteroatoms. The number of anilines is 2. The molecular weight excluding hydrogens is 916 g/mol. The largest absolute Gasteiger partial charge is 0.376 e. The van der Waals surface area contributed by atoms with Crippen molar-refractivity contribution in [1.82, 2.24) is 24.7 Å². The molecule has 2 atom stereocenters. The van der Waals surface area contributed by atoms with E-state index in [0.717, 1.165) is 132 Å². The number of likely N-dealkylation sites (tertiary alicyclic amines) is 1. The summed E-state index contributed by atoms with van der Waals surface area (Å²) in [6, 6.07) is 29.0. The molecule has 13 nitrogen and oxygen atoms in total. The van der Waals surface area contributed by atoms with Gasteiger partial charge in [0.25, 0.3) is 21.6 Å². The van der Waals surface area contributed by atoms with Crippen molar-refractivity contribution in [2.75, 3.05) is 101 Å². The van der Waals surface area contributed by atoms with Crippen LogP contribution in [0.3, 0.4) is 0 Å². The van der Waals surface area contributed by atoms with Gasteiger partial charge >= 0.3 is 0 Å². The normalized spacial score (nSPS) is 20.7. The van der Waals surface area contributed by atoms with Gasteiger partial charge in [0.05, 0.1) is 9.82 Å². The van der Waals surface area contributed by atoms with Crippen LogP contribution in [0.2, 0.25) is 5.02 Å². The summed E-state index contributed by atoms with van der Waals surface area (Å²) in [5, 5.41) is 20.1. The number of nitrogens with one attached hydrogen (secondary N) is 3. The zero-order valence-corrected chi connectivity index (χ0v) is 41.7. The molecule has 4 aliphatic rings. The average Bonchev–Trinajstić information content (AvgIpc) is 3.63. The van der Waals surface area contributed by atoms with E-state index in [4.69, 9.17) is 11.6 Å². The number of hydrogen-bond acceptors (Lipinski definition) is 12. The highest BCUT2D eigenvalue weighted by molar-refractivity contribution is 7.99. The zero-order valence-electron chi connectivity index (χ0n) is 39.3. The molecule has 68 heavy (non-hydrogen) atoms. The van der Waals surface area contributed by atoms with Crippen LogP contribution in [0, 0.1) is 15.5 Å². The monoisotopic (exact) mass is 982 g/mol. The van der Waals surface area contributed by atoms with Gasteiger partial charge in [-0.2, -0.15) is 0 Å². The third-order valence-corrected chi connectivity index (χ3v) is 16.8. The number of nitro benzene ring substituents is 1. The van der Waals surface area contributed by atoms with E-state index in [2.05, 4.69) is 54.0 Å². The number of thioether (sulfide) groups is 1. The molecule has 0 spiro atoms. The van der Waals surface area contributed by atoms with Crippen molar-refractivity contribution in [3.05, 3.63) is 129 Å². The summed E-state index contributed by atoms with van der Waals surface area (Å²) in [5.41, 5.74) is 5.47. The number of sulfonamides is 1. The molecule has 3 fully saturated rings. The average molecular weight is 984 g/mol. The van der Waals surface area contributed by atoms with Crippen LogP contribution in [-0.2, 0) is 10.0 Å². The van der Waals surface area contributed by atoms with Gasteiger partial charge in [-0.15, -0.1) is 11.8 Å². The molecule has 0 aromatic heterocycles. The summed E-state index contributed by atoms with van der Waals surface area (Å²) >= 11 is 7.98. The topological polar surface area (TPSA) is 143 Å². The van der Waals surface area contributed by atoms with Crippen molar-refractivity contribution in [2.45, 2.75) is 74.1 Å². The fraction of sp³-hybridized carbons (Fsp3) is 0.481. The molecule has 2 unspecified atom stereocenters. The Morgan fingerprint density at radius 3 is 2.25 bits per heavy atom. The van der Waals surface area contributed by atoms with Gasteiger partial charge in [-0.25, -0.2) is 13.1 Å². The summed E-state index contributed by atoms with van der Waals surface area (Å²) < 4.78 is 29.4. The lowest BCUT2D eigenvalue weighted by Crippen LogP contribution is -2.49. The van der Waals surface area contributed by atoms with E-state index < -0.39 is 20.9 Å². The quantitative estimate of drug-likeness (QED) is 0.0498. The van der Waals surface area contributed by atoms with Crippen LogP contribution in [0.5, 0.6) is 0 Å². The van der Waals surface area contributed by atoms with Crippen molar-refractivity contribution in [2.24, 2.45) is 5.41 Å². The molecule has 3 N–H and O–H groups in total. The van der Waals surface area contributed by atoms with Gasteiger partial charge in [0.2, 0.25) is 0 Å². The Kier molecular flexibility index (Phi) is 17.2. The van der Waals surface area contributed by atoms with E-state index in [9.17, 15) is 23.3 Å². The number of carbonyl (C=O) groups excluding carboxylic acids is 1. The minimum atomic E-state index is -4.44. The minimum Gasteiger partial charge on any atom is -0.376 e. The molecule has 3 saturated heterocycles. The molecule has 1 aliphatic carbocycles. The number of allylic oxidation sites excluding steroid dienone is 1. The van der Waals surface area contributed by atoms with Gasteiger partial charge in [-0.1, -0.05) is 67.3 Å². The summed E-state index contributed by atoms with van der Waals surface area (Å²) in [5.74, 6) is -0.137. The number of nitrogens with zero attached hydrogens (tertiary/aromatic N) is 5. The van der Waals surface area contributed by atoms with Crippen LogP contribution in [0.25, 0.3) is 5.57 Å². The smallest absolute Gasteiger partial charge is 0.293 e. The number of rotatable bonds is 18. The summed E-state index contributed by atoms with van der Waals surface area (Å²) in [6.07, 6.45) is 8.87. The second kappa shape index (κ2) is 23.4. The molecule has 4 aromatic carbocycles. The lowest BCUT2D eigenvalue weighted by atomic mass is 9.71. The van der Waals surface area contributed by atoms with E-state index in [1.807, 2.05) is 54.6 Å².